The molecular formula is C11H17N3. The number of anilines is 1. The van der Waals surface area contributed by atoms with Gasteiger partial charge in [-0.2, -0.15) is 0 Å². The number of aryl methyl sites for hydroxylation is 1. The molecule has 0 radical (unpaired) electrons. The van der Waals surface area contributed by atoms with Crippen LogP contribution in [0, 0.1) is 6.92 Å². The number of nitrogens with two attached hydrogens (primary N) is 1. The summed E-state index contributed by atoms with van der Waals surface area (Å²) in [4.78, 5) is 6.77. The standard InChI is InChI=1S/C11H17N3/c1-9-4-2-6-13-11(9)14-7-3-5-10(14)8-12/h2,4,6,10H,3,5,7-8,12H2,1H3/t10-/m0/s1. The van der Waals surface area contributed by atoms with Gasteiger partial charge < -0.3 is 10.6 Å². The fourth-order valence-electron chi connectivity index (χ4n) is 2.14. The predicted octanol–water partition coefficient (Wildman–Crippen LogP) is 1.32. The highest BCUT2D eigenvalue weighted by Crippen LogP contribution is 2.25. The highest BCUT2D eigenvalue weighted by molar-refractivity contribution is 5.47. The second-order valence-electron chi connectivity index (χ2n) is 3.87. The Hall–Kier alpha value is -1.09. The molecule has 1 fully saturated rings. The first-order valence-electron chi connectivity index (χ1n) is 5.21. The van der Waals surface area contributed by atoms with Crippen LogP contribution in [0.1, 0.15) is 18.4 Å². The van der Waals surface area contributed by atoms with Crippen molar-refractivity contribution in [2.24, 2.45) is 5.73 Å². The van der Waals surface area contributed by atoms with Crippen LogP contribution in [0.25, 0.3) is 0 Å². The Labute approximate surface area is 84.9 Å². The van der Waals surface area contributed by atoms with Gasteiger partial charge in [0, 0.05) is 25.3 Å². The molecule has 0 aliphatic carbocycles. The van der Waals surface area contributed by atoms with E-state index in [1.165, 1.54) is 18.4 Å². The van der Waals surface area contributed by atoms with Gasteiger partial charge in [-0.3, -0.25) is 0 Å². The summed E-state index contributed by atoms with van der Waals surface area (Å²) < 4.78 is 0. The summed E-state index contributed by atoms with van der Waals surface area (Å²) in [6, 6.07) is 4.57. The molecule has 2 heterocycles. The van der Waals surface area contributed by atoms with Crippen molar-refractivity contribution in [1.82, 2.24) is 4.98 Å². The van der Waals surface area contributed by atoms with Crippen LogP contribution < -0.4 is 10.6 Å². The van der Waals surface area contributed by atoms with Gasteiger partial charge in [-0.05, 0) is 31.4 Å². The Bertz CT molecular complexity index is 311. The average molecular weight is 191 g/mol. The maximum Gasteiger partial charge on any atom is 0.131 e. The van der Waals surface area contributed by atoms with E-state index in [9.17, 15) is 0 Å². The third kappa shape index (κ3) is 1.60. The molecule has 0 aromatic carbocycles. The summed E-state index contributed by atoms with van der Waals surface area (Å²) in [5, 5.41) is 0. The van der Waals surface area contributed by atoms with Crippen molar-refractivity contribution < 1.29 is 0 Å². The monoisotopic (exact) mass is 191 g/mol. The van der Waals surface area contributed by atoms with E-state index in [1.807, 2.05) is 12.3 Å². The van der Waals surface area contributed by atoms with Crippen molar-refractivity contribution in [3.8, 4) is 0 Å². The number of nitrogens with zero attached hydrogens (tertiary/aromatic N) is 2. The molecule has 14 heavy (non-hydrogen) atoms. The van der Waals surface area contributed by atoms with Crippen LogP contribution in [0.4, 0.5) is 5.82 Å². The van der Waals surface area contributed by atoms with Crippen molar-refractivity contribution in [2.75, 3.05) is 18.0 Å². The van der Waals surface area contributed by atoms with Crippen LogP contribution in [0.3, 0.4) is 0 Å². The second kappa shape index (κ2) is 3.96. The number of hydrogen-bond acceptors (Lipinski definition) is 3. The van der Waals surface area contributed by atoms with Crippen LogP contribution in [0.15, 0.2) is 18.3 Å². The van der Waals surface area contributed by atoms with E-state index >= 15 is 0 Å². The maximum absolute atomic E-state index is 5.74. The van der Waals surface area contributed by atoms with Crippen molar-refractivity contribution in [3.05, 3.63) is 23.9 Å². The molecule has 0 spiro atoms. The summed E-state index contributed by atoms with van der Waals surface area (Å²) >= 11 is 0. The van der Waals surface area contributed by atoms with Crippen LogP contribution in [0.5, 0.6) is 0 Å². The summed E-state index contributed by atoms with van der Waals surface area (Å²) in [5.41, 5.74) is 6.99. The number of pyridine rings is 1. The van der Waals surface area contributed by atoms with E-state index in [2.05, 4.69) is 22.9 Å². The molecule has 1 aromatic heterocycles. The van der Waals surface area contributed by atoms with Gasteiger partial charge in [-0.25, -0.2) is 4.98 Å². The summed E-state index contributed by atoms with van der Waals surface area (Å²) in [6.45, 7) is 3.93. The number of hydrogen-bond donors (Lipinski definition) is 1. The zero-order valence-electron chi connectivity index (χ0n) is 8.61. The summed E-state index contributed by atoms with van der Waals surface area (Å²) in [6.07, 6.45) is 4.29. The van der Waals surface area contributed by atoms with Crippen molar-refractivity contribution >= 4 is 5.82 Å². The van der Waals surface area contributed by atoms with E-state index in [0.717, 1.165) is 18.9 Å². The Balaban J connectivity index is 2.26. The molecule has 0 saturated carbocycles. The maximum atomic E-state index is 5.74. The van der Waals surface area contributed by atoms with E-state index in [1.54, 1.807) is 0 Å². The smallest absolute Gasteiger partial charge is 0.131 e. The minimum Gasteiger partial charge on any atom is -0.352 e. The topological polar surface area (TPSA) is 42.2 Å². The molecule has 1 aromatic rings. The number of rotatable bonds is 2. The van der Waals surface area contributed by atoms with Gasteiger partial charge in [0.25, 0.3) is 0 Å². The highest BCUT2D eigenvalue weighted by atomic mass is 15.2. The quantitative estimate of drug-likeness (QED) is 0.766. The molecule has 2 N–H and O–H groups in total. The average Bonchev–Trinajstić information content (AvgIpc) is 2.66. The molecule has 1 saturated heterocycles. The highest BCUT2D eigenvalue weighted by Gasteiger charge is 2.24. The first-order valence-corrected chi connectivity index (χ1v) is 5.21. The van der Waals surface area contributed by atoms with Crippen LogP contribution in [0.2, 0.25) is 0 Å². The molecule has 1 aliphatic rings. The lowest BCUT2D eigenvalue weighted by atomic mass is 10.2. The van der Waals surface area contributed by atoms with Crippen molar-refractivity contribution in [3.63, 3.8) is 0 Å². The number of aromatic nitrogens is 1. The lowest BCUT2D eigenvalue weighted by molar-refractivity contribution is 0.670. The third-order valence-electron chi connectivity index (χ3n) is 2.90. The van der Waals surface area contributed by atoms with Gasteiger partial charge in [0.05, 0.1) is 0 Å². The molecule has 1 atom stereocenters. The normalized spacial score (nSPS) is 21.6. The molecule has 0 amide bonds. The molecule has 0 unspecified atom stereocenters. The summed E-state index contributed by atoms with van der Waals surface area (Å²) in [7, 11) is 0. The Morgan fingerprint density at radius 1 is 1.64 bits per heavy atom. The Morgan fingerprint density at radius 3 is 3.21 bits per heavy atom. The molecular weight excluding hydrogens is 174 g/mol. The zero-order chi connectivity index (χ0) is 9.97. The second-order valence-corrected chi connectivity index (χ2v) is 3.87. The molecule has 3 nitrogen and oxygen atoms in total. The van der Waals surface area contributed by atoms with Gasteiger partial charge in [0.15, 0.2) is 0 Å². The first-order chi connectivity index (χ1) is 6.83. The van der Waals surface area contributed by atoms with Gasteiger partial charge in [0.1, 0.15) is 5.82 Å². The van der Waals surface area contributed by atoms with Gasteiger partial charge in [0.2, 0.25) is 0 Å². The van der Waals surface area contributed by atoms with E-state index in [0.29, 0.717) is 6.04 Å². The Kier molecular flexibility index (Phi) is 2.68. The fourth-order valence-corrected chi connectivity index (χ4v) is 2.14. The van der Waals surface area contributed by atoms with E-state index in [-0.39, 0.29) is 0 Å². The summed E-state index contributed by atoms with van der Waals surface area (Å²) in [5.74, 6) is 1.11. The van der Waals surface area contributed by atoms with Crippen LogP contribution in [-0.2, 0) is 0 Å². The third-order valence-corrected chi connectivity index (χ3v) is 2.90. The SMILES string of the molecule is Cc1cccnc1N1CCC[C@H]1CN. The Morgan fingerprint density at radius 2 is 2.50 bits per heavy atom. The van der Waals surface area contributed by atoms with E-state index < -0.39 is 0 Å². The predicted molar refractivity (Wildman–Crippen MR) is 58.4 cm³/mol. The minimum absolute atomic E-state index is 0.489. The van der Waals surface area contributed by atoms with Gasteiger partial charge in [-0.1, -0.05) is 6.07 Å². The van der Waals surface area contributed by atoms with Crippen molar-refractivity contribution in [2.45, 2.75) is 25.8 Å². The van der Waals surface area contributed by atoms with E-state index in [4.69, 9.17) is 5.73 Å². The van der Waals surface area contributed by atoms with Gasteiger partial charge >= 0.3 is 0 Å². The molecule has 0 bridgehead atoms. The minimum atomic E-state index is 0.489. The zero-order valence-corrected chi connectivity index (χ0v) is 8.61. The van der Waals surface area contributed by atoms with Gasteiger partial charge in [-0.15, -0.1) is 0 Å². The van der Waals surface area contributed by atoms with Crippen LogP contribution in [-0.4, -0.2) is 24.1 Å². The lowest BCUT2D eigenvalue weighted by Crippen LogP contribution is -2.36. The molecule has 2 rings (SSSR count). The van der Waals surface area contributed by atoms with Crippen molar-refractivity contribution in [1.29, 1.82) is 0 Å². The van der Waals surface area contributed by atoms with Crippen LogP contribution >= 0.6 is 0 Å². The molecule has 3 heteroatoms. The molecule has 1 aliphatic heterocycles. The first kappa shape index (κ1) is 9.46. The molecule has 76 valence electrons. The largest absolute Gasteiger partial charge is 0.352 e. The lowest BCUT2D eigenvalue weighted by Gasteiger charge is -2.25. The fraction of sp³-hybridized carbons (Fsp3) is 0.545.